The number of methoxy groups -OCH3 is 3. The second kappa shape index (κ2) is 19.1. The van der Waals surface area contributed by atoms with Crippen molar-refractivity contribution in [2.24, 2.45) is 0 Å². The van der Waals surface area contributed by atoms with Crippen LogP contribution in [0.1, 0.15) is 78.2 Å². The summed E-state index contributed by atoms with van der Waals surface area (Å²) in [7, 11) is 6.70. The molecule has 1 aromatic heterocycles. The molecule has 0 aliphatic heterocycles. The minimum atomic E-state index is -0.102. The highest BCUT2D eigenvalue weighted by molar-refractivity contribution is 7.13. The summed E-state index contributed by atoms with van der Waals surface area (Å²) in [6.07, 6.45) is 16.5. The van der Waals surface area contributed by atoms with Crippen molar-refractivity contribution >= 4 is 17.6 Å². The average molecular weight is 508 g/mol. The molecule has 1 unspecified atom stereocenters. The number of hydrogen-bond acceptors (Lipinski definition) is 8. The van der Waals surface area contributed by atoms with Gasteiger partial charge < -0.3 is 24.8 Å². The third-order valence-corrected chi connectivity index (χ3v) is 6.76. The smallest absolute Gasteiger partial charge is 0.202 e. The lowest BCUT2D eigenvalue weighted by atomic mass is 10.1. The Kier molecular flexibility index (Phi) is 16.8. The van der Waals surface area contributed by atoms with Gasteiger partial charge in [0.2, 0.25) is 5.76 Å². The highest BCUT2D eigenvalue weighted by Gasteiger charge is 2.22. The van der Waals surface area contributed by atoms with Gasteiger partial charge in [-0.15, -0.1) is 11.3 Å². The van der Waals surface area contributed by atoms with Gasteiger partial charge in [0.05, 0.1) is 37.8 Å². The van der Waals surface area contributed by atoms with Gasteiger partial charge in [-0.3, -0.25) is 4.79 Å². The number of hydrogen-bond donors (Lipinski definition) is 2. The zero-order chi connectivity index (χ0) is 25.9. The molecule has 1 fully saturated rings. The molecule has 198 valence electrons. The first-order chi connectivity index (χ1) is 17.1. The van der Waals surface area contributed by atoms with E-state index in [9.17, 15) is 4.79 Å². The number of rotatable bonds is 11. The molecule has 0 amide bonds. The van der Waals surface area contributed by atoms with Crippen LogP contribution in [0.2, 0.25) is 0 Å². The number of aldehydes is 1. The number of aryl methyl sites for hydroxylation is 1. The summed E-state index contributed by atoms with van der Waals surface area (Å²) in [5.41, 5.74) is 0.738. The van der Waals surface area contributed by atoms with Crippen LogP contribution < -0.4 is 10.6 Å². The fourth-order valence-corrected chi connectivity index (χ4v) is 4.55. The van der Waals surface area contributed by atoms with Gasteiger partial charge in [-0.1, -0.05) is 45.1 Å². The third kappa shape index (κ3) is 11.4. The van der Waals surface area contributed by atoms with Crippen molar-refractivity contribution in [1.82, 2.24) is 15.6 Å². The van der Waals surface area contributed by atoms with Crippen molar-refractivity contribution in [3.8, 4) is 0 Å². The SMILES string of the molecule is C1CCCC1.CCCNCCCNC.COC1=CC(c2nc(C)c(C=O)s2)C=CC(OC)=C1OC. The molecule has 0 saturated heterocycles. The molecule has 1 aromatic rings. The molecule has 0 bridgehead atoms. The van der Waals surface area contributed by atoms with Crippen LogP contribution in [0.15, 0.2) is 35.5 Å². The molecule has 0 aromatic carbocycles. The van der Waals surface area contributed by atoms with E-state index in [0.717, 1.165) is 36.6 Å². The van der Waals surface area contributed by atoms with Crippen molar-refractivity contribution in [3.63, 3.8) is 0 Å². The summed E-state index contributed by atoms with van der Waals surface area (Å²) in [6, 6.07) is 0. The number of nitrogens with one attached hydrogen (secondary N) is 2. The normalized spacial score (nSPS) is 16.9. The monoisotopic (exact) mass is 507 g/mol. The Morgan fingerprint density at radius 2 is 1.74 bits per heavy atom. The molecule has 35 heavy (non-hydrogen) atoms. The van der Waals surface area contributed by atoms with Crippen LogP contribution in [0.4, 0.5) is 0 Å². The van der Waals surface area contributed by atoms with Gasteiger partial charge in [-0.05, 0) is 58.6 Å². The molecule has 1 heterocycles. The maximum atomic E-state index is 11.0. The Morgan fingerprint density at radius 1 is 1.06 bits per heavy atom. The lowest BCUT2D eigenvalue weighted by Crippen LogP contribution is -2.20. The topological polar surface area (TPSA) is 81.7 Å². The van der Waals surface area contributed by atoms with E-state index in [-0.39, 0.29) is 5.92 Å². The molecule has 0 radical (unpaired) electrons. The van der Waals surface area contributed by atoms with Crippen LogP contribution >= 0.6 is 11.3 Å². The number of thiazole rings is 1. The number of aromatic nitrogens is 1. The third-order valence-electron chi connectivity index (χ3n) is 5.58. The summed E-state index contributed by atoms with van der Waals surface area (Å²) in [4.78, 5) is 16.1. The van der Waals surface area contributed by atoms with E-state index in [1.165, 1.54) is 56.3 Å². The quantitative estimate of drug-likeness (QED) is 0.302. The van der Waals surface area contributed by atoms with Crippen LogP contribution in [0.3, 0.4) is 0 Å². The van der Waals surface area contributed by atoms with E-state index in [1.807, 2.05) is 32.2 Å². The Labute approximate surface area is 216 Å². The fourth-order valence-electron chi connectivity index (χ4n) is 3.62. The molecule has 7 nitrogen and oxygen atoms in total. The van der Waals surface area contributed by atoms with Crippen molar-refractivity contribution in [2.75, 3.05) is 48.0 Å². The van der Waals surface area contributed by atoms with Gasteiger partial charge in [0.1, 0.15) is 5.01 Å². The molecule has 2 aliphatic rings. The minimum Gasteiger partial charge on any atom is -0.493 e. The van der Waals surface area contributed by atoms with E-state index in [2.05, 4.69) is 22.5 Å². The number of nitrogens with zero attached hydrogens (tertiary/aromatic N) is 1. The first kappa shape index (κ1) is 30.9. The van der Waals surface area contributed by atoms with Gasteiger partial charge in [0.25, 0.3) is 0 Å². The van der Waals surface area contributed by atoms with Crippen molar-refractivity contribution in [3.05, 3.63) is 51.1 Å². The largest absolute Gasteiger partial charge is 0.493 e. The highest BCUT2D eigenvalue weighted by atomic mass is 32.1. The Balaban J connectivity index is 0.000000358. The minimum absolute atomic E-state index is 0.102. The fraction of sp³-hybridized carbons (Fsp3) is 0.630. The van der Waals surface area contributed by atoms with E-state index < -0.39 is 0 Å². The van der Waals surface area contributed by atoms with Gasteiger partial charge >= 0.3 is 0 Å². The summed E-state index contributed by atoms with van der Waals surface area (Å²) in [5.74, 6) is 1.58. The molecule has 1 saturated carbocycles. The number of carbonyl (C=O) groups excluding carboxylic acids is 1. The predicted molar refractivity (Wildman–Crippen MR) is 145 cm³/mol. The Hall–Kier alpha value is -2.16. The summed E-state index contributed by atoms with van der Waals surface area (Å²) in [5, 5.41) is 7.26. The molecule has 8 heteroatoms. The van der Waals surface area contributed by atoms with E-state index >= 15 is 0 Å². The molecule has 2 N–H and O–H groups in total. The maximum Gasteiger partial charge on any atom is 0.202 e. The zero-order valence-electron chi connectivity index (χ0n) is 22.4. The highest BCUT2D eigenvalue weighted by Crippen LogP contribution is 2.32. The van der Waals surface area contributed by atoms with Crippen molar-refractivity contribution in [2.45, 2.75) is 64.7 Å². The predicted octanol–water partition coefficient (Wildman–Crippen LogP) is 5.50. The van der Waals surface area contributed by atoms with Gasteiger partial charge in [0, 0.05) is 0 Å². The van der Waals surface area contributed by atoms with Crippen LogP contribution in [0.5, 0.6) is 0 Å². The summed E-state index contributed by atoms with van der Waals surface area (Å²) in [6.45, 7) is 7.44. The number of allylic oxidation sites excluding steroid dienone is 3. The second-order valence-corrected chi connectivity index (χ2v) is 9.38. The molecule has 0 spiro atoms. The van der Waals surface area contributed by atoms with Gasteiger partial charge in [0.15, 0.2) is 17.8 Å². The molecule has 3 rings (SSSR count). The standard InChI is InChI=1S/C15H17NO4S.C7H18N2.C5H10/c1-9-13(8-17)21-15(16-9)10-5-6-11(18-2)14(20-4)12(7-10)19-3;1-3-5-9-7-4-6-8-2;1-2-4-5-3-1/h5-8,10H,1-4H3;8-9H,3-7H2,1-2H3;1-5H2. The molecule has 1 atom stereocenters. The van der Waals surface area contributed by atoms with Gasteiger partial charge in [-0.25, -0.2) is 4.98 Å². The van der Waals surface area contributed by atoms with E-state index in [1.54, 1.807) is 21.3 Å². The van der Waals surface area contributed by atoms with E-state index in [0.29, 0.717) is 22.2 Å². The number of ether oxygens (including phenoxy) is 3. The first-order valence-electron chi connectivity index (χ1n) is 12.6. The lowest BCUT2D eigenvalue weighted by Gasteiger charge is -2.12. The first-order valence-corrected chi connectivity index (χ1v) is 13.4. The summed E-state index contributed by atoms with van der Waals surface area (Å²) >= 11 is 1.37. The van der Waals surface area contributed by atoms with Crippen LogP contribution in [0, 0.1) is 6.92 Å². The van der Waals surface area contributed by atoms with Crippen LogP contribution in [0.25, 0.3) is 0 Å². The summed E-state index contributed by atoms with van der Waals surface area (Å²) < 4.78 is 16.1. The van der Waals surface area contributed by atoms with E-state index in [4.69, 9.17) is 14.2 Å². The maximum absolute atomic E-state index is 11.0. The van der Waals surface area contributed by atoms with Gasteiger partial charge in [-0.2, -0.15) is 0 Å². The second-order valence-electron chi connectivity index (χ2n) is 8.32. The Bertz CT molecular complexity index is 800. The number of carbonyl (C=O) groups is 1. The molecule has 2 aliphatic carbocycles. The molecular weight excluding hydrogens is 462 g/mol. The van der Waals surface area contributed by atoms with Crippen molar-refractivity contribution < 1.29 is 19.0 Å². The van der Waals surface area contributed by atoms with Crippen LogP contribution in [-0.2, 0) is 14.2 Å². The lowest BCUT2D eigenvalue weighted by molar-refractivity contribution is 0.112. The van der Waals surface area contributed by atoms with Crippen molar-refractivity contribution in [1.29, 1.82) is 0 Å². The average Bonchev–Trinajstić information content (AvgIpc) is 3.54. The Morgan fingerprint density at radius 3 is 2.23 bits per heavy atom. The van der Waals surface area contributed by atoms with Crippen LogP contribution in [-0.4, -0.2) is 59.3 Å². The molecular formula is C27H45N3O4S. The zero-order valence-corrected chi connectivity index (χ0v) is 23.3.